The van der Waals surface area contributed by atoms with Gasteiger partial charge in [0.25, 0.3) is 5.91 Å². The Balaban J connectivity index is 0.00000225. The number of rotatable bonds is 4. The van der Waals surface area contributed by atoms with E-state index in [1.54, 1.807) is 19.1 Å². The number of hydrogen-bond donors (Lipinski definition) is 2. The van der Waals surface area contributed by atoms with E-state index in [-0.39, 0.29) is 29.3 Å². The minimum atomic E-state index is -3.63. The number of aryl methyl sites for hydroxylation is 1. The van der Waals surface area contributed by atoms with Gasteiger partial charge in [-0.15, -0.1) is 12.4 Å². The number of nitrogens with zero attached hydrogens (tertiary/aromatic N) is 1. The molecular weight excluding hydrogens is 402 g/mol. The molecule has 7 nitrogen and oxygen atoms in total. The van der Waals surface area contributed by atoms with Crippen molar-refractivity contribution in [1.29, 1.82) is 0 Å². The second-order valence-corrected chi connectivity index (χ2v) is 9.68. The minimum Gasteiger partial charge on any atom is -0.379 e. The second-order valence-electron chi connectivity index (χ2n) is 7.78. The highest BCUT2D eigenvalue weighted by Crippen LogP contribution is 2.27. The van der Waals surface area contributed by atoms with Crippen LogP contribution in [0.4, 0.5) is 0 Å². The van der Waals surface area contributed by atoms with E-state index >= 15 is 0 Å². The molecule has 2 bridgehead atoms. The lowest BCUT2D eigenvalue weighted by atomic mass is 9.99. The predicted octanol–water partition coefficient (Wildman–Crippen LogP) is 1.45. The molecule has 3 heterocycles. The molecule has 1 aromatic carbocycles. The highest BCUT2D eigenvalue weighted by atomic mass is 35.5. The average Bonchev–Trinajstić information content (AvgIpc) is 3.01. The van der Waals surface area contributed by atoms with Crippen LogP contribution in [0.2, 0.25) is 0 Å². The summed E-state index contributed by atoms with van der Waals surface area (Å²) in [4.78, 5) is 13.0. The molecule has 3 aliphatic rings. The van der Waals surface area contributed by atoms with Crippen LogP contribution in [-0.4, -0.2) is 63.1 Å². The lowest BCUT2D eigenvalue weighted by Crippen LogP contribution is -2.48. The van der Waals surface area contributed by atoms with Gasteiger partial charge in [-0.25, -0.2) is 8.42 Å². The van der Waals surface area contributed by atoms with Crippen LogP contribution in [0.15, 0.2) is 23.1 Å². The van der Waals surface area contributed by atoms with Crippen LogP contribution < -0.4 is 10.6 Å². The topological polar surface area (TPSA) is 87.7 Å². The summed E-state index contributed by atoms with van der Waals surface area (Å²) in [5.41, 5.74) is 1.05. The van der Waals surface area contributed by atoms with Gasteiger partial charge in [-0.05, 0) is 50.3 Å². The van der Waals surface area contributed by atoms with Crippen LogP contribution in [0.5, 0.6) is 0 Å². The normalized spacial score (nSPS) is 27.8. The van der Waals surface area contributed by atoms with Gasteiger partial charge >= 0.3 is 0 Å². The molecule has 0 aliphatic carbocycles. The second kappa shape index (κ2) is 8.67. The third-order valence-corrected chi connectivity index (χ3v) is 7.89. The fourth-order valence-electron chi connectivity index (χ4n) is 4.39. The summed E-state index contributed by atoms with van der Waals surface area (Å²) in [6.45, 7) is 3.25. The van der Waals surface area contributed by atoms with Crippen LogP contribution in [0, 0.1) is 6.92 Å². The van der Waals surface area contributed by atoms with E-state index in [4.69, 9.17) is 4.74 Å². The van der Waals surface area contributed by atoms with Gasteiger partial charge in [-0.1, -0.05) is 6.07 Å². The largest absolute Gasteiger partial charge is 0.379 e. The SMILES string of the molecule is Cc1ccc(C(=O)NC2CC3CCC(C2)N3)cc1S(=O)(=O)N1CCOCC1.Cl. The molecule has 0 spiro atoms. The first-order valence-corrected chi connectivity index (χ1v) is 11.1. The van der Waals surface area contributed by atoms with Crippen LogP contribution in [0.3, 0.4) is 0 Å². The molecule has 9 heteroatoms. The standard InChI is InChI=1S/C19H27N3O4S.ClH/c1-13-2-3-14(10-18(13)27(24,25)22-6-8-26-9-7-22)19(23)21-17-11-15-4-5-16(12-17)20-15;/h2-3,10,15-17,20H,4-9,11-12H2,1H3,(H,21,23);1H. The summed E-state index contributed by atoms with van der Waals surface area (Å²) >= 11 is 0. The Hall–Kier alpha value is -1.19. The number of sulfonamides is 1. The minimum absolute atomic E-state index is 0. The maximum absolute atomic E-state index is 13.0. The van der Waals surface area contributed by atoms with Crippen molar-refractivity contribution in [3.05, 3.63) is 29.3 Å². The molecule has 2 atom stereocenters. The van der Waals surface area contributed by atoms with Gasteiger partial charge in [-0.3, -0.25) is 4.79 Å². The fraction of sp³-hybridized carbons (Fsp3) is 0.632. The number of hydrogen-bond acceptors (Lipinski definition) is 5. The number of nitrogens with one attached hydrogen (secondary N) is 2. The van der Waals surface area contributed by atoms with Crippen molar-refractivity contribution >= 4 is 28.3 Å². The molecule has 156 valence electrons. The summed E-state index contributed by atoms with van der Waals surface area (Å²) in [5.74, 6) is -0.195. The Labute approximate surface area is 172 Å². The molecule has 3 fully saturated rings. The Morgan fingerprint density at radius 2 is 1.82 bits per heavy atom. The zero-order chi connectivity index (χ0) is 19.0. The molecule has 1 amide bonds. The molecule has 0 aromatic heterocycles. The van der Waals surface area contributed by atoms with E-state index in [1.165, 1.54) is 23.2 Å². The molecule has 3 saturated heterocycles. The Kier molecular flexibility index (Phi) is 6.66. The van der Waals surface area contributed by atoms with E-state index in [0.29, 0.717) is 49.5 Å². The molecular formula is C19H28ClN3O4S. The zero-order valence-corrected chi connectivity index (χ0v) is 17.7. The predicted molar refractivity (Wildman–Crippen MR) is 108 cm³/mol. The first kappa shape index (κ1) is 21.5. The van der Waals surface area contributed by atoms with Gasteiger partial charge < -0.3 is 15.4 Å². The van der Waals surface area contributed by atoms with Gasteiger partial charge in [0, 0.05) is 36.8 Å². The van der Waals surface area contributed by atoms with Crippen LogP contribution >= 0.6 is 12.4 Å². The van der Waals surface area contributed by atoms with Crippen LogP contribution in [-0.2, 0) is 14.8 Å². The zero-order valence-electron chi connectivity index (χ0n) is 16.0. The Morgan fingerprint density at radius 1 is 1.18 bits per heavy atom. The monoisotopic (exact) mass is 429 g/mol. The maximum Gasteiger partial charge on any atom is 0.251 e. The summed E-state index contributed by atoms with van der Waals surface area (Å²) in [7, 11) is -3.63. The average molecular weight is 430 g/mol. The number of amides is 1. The van der Waals surface area contributed by atoms with Crippen molar-refractivity contribution in [3.8, 4) is 0 Å². The van der Waals surface area contributed by atoms with E-state index in [1.807, 2.05) is 0 Å². The smallest absolute Gasteiger partial charge is 0.251 e. The third kappa shape index (κ3) is 4.36. The third-order valence-electron chi connectivity index (χ3n) is 5.85. The van der Waals surface area contributed by atoms with Crippen molar-refractivity contribution in [2.45, 2.75) is 55.6 Å². The van der Waals surface area contributed by atoms with E-state index in [9.17, 15) is 13.2 Å². The first-order valence-electron chi connectivity index (χ1n) is 9.69. The van der Waals surface area contributed by atoms with Gasteiger partial charge in [0.15, 0.2) is 0 Å². The highest BCUT2D eigenvalue weighted by Gasteiger charge is 2.34. The summed E-state index contributed by atoms with van der Waals surface area (Å²) in [5, 5.41) is 6.67. The molecule has 2 N–H and O–H groups in total. The summed E-state index contributed by atoms with van der Waals surface area (Å²) < 4.78 is 32.7. The number of halogens is 1. The molecule has 3 aliphatic heterocycles. The number of fused-ring (bicyclic) bond motifs is 2. The fourth-order valence-corrected chi connectivity index (χ4v) is 6.05. The van der Waals surface area contributed by atoms with E-state index < -0.39 is 10.0 Å². The number of piperidine rings is 1. The van der Waals surface area contributed by atoms with Gasteiger partial charge in [0.1, 0.15) is 0 Å². The van der Waals surface area contributed by atoms with Crippen molar-refractivity contribution in [2.24, 2.45) is 0 Å². The van der Waals surface area contributed by atoms with Crippen molar-refractivity contribution in [3.63, 3.8) is 0 Å². The van der Waals surface area contributed by atoms with E-state index in [0.717, 1.165) is 12.8 Å². The van der Waals surface area contributed by atoms with Crippen molar-refractivity contribution in [2.75, 3.05) is 26.3 Å². The lowest BCUT2D eigenvalue weighted by Gasteiger charge is -2.30. The molecule has 2 unspecified atom stereocenters. The van der Waals surface area contributed by atoms with Gasteiger partial charge in [-0.2, -0.15) is 4.31 Å². The van der Waals surface area contributed by atoms with Gasteiger partial charge in [0.2, 0.25) is 10.0 Å². The Morgan fingerprint density at radius 3 is 2.46 bits per heavy atom. The molecule has 4 rings (SSSR count). The molecule has 1 aromatic rings. The summed E-state index contributed by atoms with van der Waals surface area (Å²) in [6, 6.07) is 6.07. The van der Waals surface area contributed by atoms with Crippen LogP contribution in [0.25, 0.3) is 0 Å². The highest BCUT2D eigenvalue weighted by molar-refractivity contribution is 7.89. The van der Waals surface area contributed by atoms with Crippen molar-refractivity contribution < 1.29 is 17.9 Å². The number of carbonyl (C=O) groups excluding carboxylic acids is 1. The molecule has 28 heavy (non-hydrogen) atoms. The lowest BCUT2D eigenvalue weighted by molar-refractivity contribution is 0.0730. The molecule has 0 radical (unpaired) electrons. The van der Waals surface area contributed by atoms with Crippen LogP contribution in [0.1, 0.15) is 41.6 Å². The summed E-state index contributed by atoms with van der Waals surface area (Å²) in [6.07, 6.45) is 4.22. The first-order chi connectivity index (χ1) is 12.9. The molecule has 0 saturated carbocycles. The Bertz CT molecular complexity index is 814. The number of morpholine rings is 1. The van der Waals surface area contributed by atoms with Gasteiger partial charge in [0.05, 0.1) is 18.1 Å². The van der Waals surface area contributed by atoms with E-state index in [2.05, 4.69) is 10.6 Å². The quantitative estimate of drug-likeness (QED) is 0.756. The maximum atomic E-state index is 13.0. The number of benzene rings is 1. The van der Waals surface area contributed by atoms with Crippen molar-refractivity contribution in [1.82, 2.24) is 14.9 Å². The number of ether oxygens (including phenoxy) is 1. The number of carbonyl (C=O) groups is 1.